The number of ether oxygens (including phenoxy) is 1. The number of rotatable bonds is 2. The van der Waals surface area contributed by atoms with Crippen LogP contribution in [0.15, 0.2) is 48.5 Å². The maximum Gasteiger partial charge on any atom is 0.256 e. The Hall–Kier alpha value is -3.42. The van der Waals surface area contributed by atoms with Gasteiger partial charge in [-0.05, 0) is 37.1 Å². The Labute approximate surface area is 197 Å². The first kappa shape index (κ1) is 22.4. The number of benzene rings is 2. The van der Waals surface area contributed by atoms with E-state index in [2.05, 4.69) is 5.32 Å². The van der Waals surface area contributed by atoms with Gasteiger partial charge >= 0.3 is 0 Å². The van der Waals surface area contributed by atoms with E-state index in [9.17, 15) is 18.8 Å². The minimum absolute atomic E-state index is 0.0133. The highest BCUT2D eigenvalue weighted by Gasteiger charge is 2.43. The molecule has 3 aliphatic rings. The molecule has 8 heteroatoms. The minimum atomic E-state index is -0.632. The average molecular weight is 466 g/mol. The molecule has 3 amide bonds. The van der Waals surface area contributed by atoms with Gasteiger partial charge in [0.15, 0.2) is 0 Å². The lowest BCUT2D eigenvalue weighted by atomic mass is 9.86. The van der Waals surface area contributed by atoms with Gasteiger partial charge in [0.25, 0.3) is 5.91 Å². The highest BCUT2D eigenvalue weighted by molar-refractivity contribution is 5.95. The summed E-state index contributed by atoms with van der Waals surface area (Å²) in [6.45, 7) is 1.79. The second kappa shape index (κ2) is 9.08. The van der Waals surface area contributed by atoms with Gasteiger partial charge in [-0.1, -0.05) is 24.3 Å². The summed E-state index contributed by atoms with van der Waals surface area (Å²) in [6.07, 6.45) is 2.77. The van der Waals surface area contributed by atoms with Crippen molar-refractivity contribution in [2.75, 3.05) is 31.5 Å². The van der Waals surface area contributed by atoms with Gasteiger partial charge in [0.05, 0.1) is 23.6 Å². The van der Waals surface area contributed by atoms with Crippen LogP contribution >= 0.6 is 0 Å². The van der Waals surface area contributed by atoms with E-state index in [-0.39, 0.29) is 35.6 Å². The van der Waals surface area contributed by atoms with E-state index < -0.39 is 11.4 Å². The summed E-state index contributed by atoms with van der Waals surface area (Å²) < 4.78 is 20.4. The van der Waals surface area contributed by atoms with Crippen molar-refractivity contribution in [2.45, 2.75) is 37.7 Å². The number of para-hydroxylation sites is 2. The van der Waals surface area contributed by atoms with E-state index in [0.29, 0.717) is 63.3 Å². The van der Waals surface area contributed by atoms with Crippen molar-refractivity contribution in [3.8, 4) is 5.75 Å². The molecule has 2 fully saturated rings. The molecule has 34 heavy (non-hydrogen) atoms. The summed E-state index contributed by atoms with van der Waals surface area (Å²) in [7, 11) is 0. The number of hydrogen-bond acceptors (Lipinski definition) is 4. The molecule has 1 unspecified atom stereocenters. The van der Waals surface area contributed by atoms with Gasteiger partial charge in [-0.2, -0.15) is 0 Å². The van der Waals surface area contributed by atoms with Crippen LogP contribution in [0.25, 0.3) is 0 Å². The summed E-state index contributed by atoms with van der Waals surface area (Å²) in [6, 6.07) is 13.3. The number of likely N-dealkylation sites (tertiary alicyclic amines) is 2. The SMILES string of the molecule is O=C1CC2(CCN(C(=O)C3CCCN(C(=O)c4ccccc4F)C3)CC2)Oc2ccccc2N1. The van der Waals surface area contributed by atoms with Gasteiger partial charge < -0.3 is 19.9 Å². The van der Waals surface area contributed by atoms with Crippen molar-refractivity contribution >= 4 is 23.4 Å². The second-order valence-electron chi connectivity index (χ2n) is 9.40. The Morgan fingerprint density at radius 2 is 1.74 bits per heavy atom. The summed E-state index contributed by atoms with van der Waals surface area (Å²) >= 11 is 0. The number of amides is 3. The Bertz CT molecular complexity index is 1110. The van der Waals surface area contributed by atoms with Crippen molar-refractivity contribution in [1.82, 2.24) is 9.80 Å². The Morgan fingerprint density at radius 3 is 2.53 bits per heavy atom. The molecular formula is C26H28FN3O4. The van der Waals surface area contributed by atoms with Crippen LogP contribution < -0.4 is 10.1 Å². The smallest absolute Gasteiger partial charge is 0.256 e. The molecule has 1 spiro atoms. The molecular weight excluding hydrogens is 437 g/mol. The molecule has 5 rings (SSSR count). The Balaban J connectivity index is 1.23. The number of piperidine rings is 2. The summed E-state index contributed by atoms with van der Waals surface area (Å²) in [4.78, 5) is 42.1. The van der Waals surface area contributed by atoms with Crippen LogP contribution in [0.4, 0.5) is 10.1 Å². The summed E-state index contributed by atoms with van der Waals surface area (Å²) in [5.74, 6) is -0.639. The minimum Gasteiger partial charge on any atom is -0.484 e. The molecule has 7 nitrogen and oxygen atoms in total. The molecule has 0 bridgehead atoms. The third kappa shape index (κ3) is 4.36. The van der Waals surface area contributed by atoms with Crippen LogP contribution in [0.1, 0.15) is 42.5 Å². The largest absolute Gasteiger partial charge is 0.484 e. The highest BCUT2D eigenvalue weighted by atomic mass is 19.1. The van der Waals surface area contributed by atoms with Gasteiger partial charge in [0.2, 0.25) is 11.8 Å². The molecule has 2 aromatic rings. The molecule has 0 saturated carbocycles. The monoisotopic (exact) mass is 465 g/mol. The van der Waals surface area contributed by atoms with Crippen LogP contribution in [0.5, 0.6) is 5.75 Å². The molecule has 178 valence electrons. The van der Waals surface area contributed by atoms with Gasteiger partial charge in [0, 0.05) is 39.0 Å². The molecule has 0 aromatic heterocycles. The first-order valence-electron chi connectivity index (χ1n) is 11.8. The topological polar surface area (TPSA) is 79.0 Å². The quantitative estimate of drug-likeness (QED) is 0.737. The molecule has 1 N–H and O–H groups in total. The fourth-order valence-electron chi connectivity index (χ4n) is 5.26. The maximum absolute atomic E-state index is 14.1. The lowest BCUT2D eigenvalue weighted by molar-refractivity contribution is -0.141. The molecule has 0 radical (unpaired) electrons. The number of halogens is 1. The zero-order valence-electron chi connectivity index (χ0n) is 19.0. The molecule has 2 aromatic carbocycles. The van der Waals surface area contributed by atoms with Crippen molar-refractivity contribution in [2.24, 2.45) is 5.92 Å². The molecule has 3 aliphatic heterocycles. The number of carbonyl (C=O) groups excluding carboxylic acids is 3. The van der Waals surface area contributed by atoms with E-state index in [0.717, 1.165) is 0 Å². The van der Waals surface area contributed by atoms with Gasteiger partial charge in [-0.25, -0.2) is 4.39 Å². The number of hydrogen-bond donors (Lipinski definition) is 1. The van der Waals surface area contributed by atoms with Gasteiger partial charge in [-0.15, -0.1) is 0 Å². The van der Waals surface area contributed by atoms with Gasteiger partial charge in [-0.3, -0.25) is 14.4 Å². The third-order valence-corrected chi connectivity index (χ3v) is 7.12. The number of nitrogens with zero attached hydrogens (tertiary/aromatic N) is 2. The number of carbonyl (C=O) groups is 3. The van der Waals surface area contributed by atoms with Crippen molar-refractivity contribution in [3.05, 3.63) is 59.9 Å². The fourth-order valence-corrected chi connectivity index (χ4v) is 5.26. The predicted molar refractivity (Wildman–Crippen MR) is 124 cm³/mol. The van der Waals surface area contributed by atoms with Crippen molar-refractivity contribution in [1.29, 1.82) is 0 Å². The van der Waals surface area contributed by atoms with E-state index in [1.807, 2.05) is 29.2 Å². The Morgan fingerprint density at radius 1 is 1.00 bits per heavy atom. The molecule has 1 atom stereocenters. The van der Waals surface area contributed by atoms with Crippen LogP contribution in [-0.4, -0.2) is 59.3 Å². The standard InChI is InChI=1S/C26H28FN3O4/c27-20-8-2-1-7-19(20)25(33)30-13-5-6-18(17-30)24(32)29-14-11-26(12-15-29)16-23(31)28-21-9-3-4-10-22(21)34-26/h1-4,7-10,18H,5-6,11-17H2,(H,28,31). The lowest BCUT2D eigenvalue weighted by Gasteiger charge is -2.42. The first-order chi connectivity index (χ1) is 16.4. The normalized spacial score (nSPS) is 21.8. The third-order valence-electron chi connectivity index (χ3n) is 7.12. The molecule has 0 aliphatic carbocycles. The Kier molecular flexibility index (Phi) is 5.98. The van der Waals surface area contributed by atoms with Crippen molar-refractivity contribution < 1.29 is 23.5 Å². The van der Waals surface area contributed by atoms with Gasteiger partial charge in [0.1, 0.15) is 17.2 Å². The maximum atomic E-state index is 14.1. The van der Waals surface area contributed by atoms with Crippen molar-refractivity contribution in [3.63, 3.8) is 0 Å². The lowest BCUT2D eigenvalue weighted by Crippen LogP contribution is -2.53. The van der Waals surface area contributed by atoms with E-state index >= 15 is 0 Å². The second-order valence-corrected chi connectivity index (χ2v) is 9.40. The van der Waals surface area contributed by atoms with Crippen LogP contribution in [0, 0.1) is 11.7 Å². The molecule has 2 saturated heterocycles. The van der Waals surface area contributed by atoms with Crippen LogP contribution in [-0.2, 0) is 9.59 Å². The highest BCUT2D eigenvalue weighted by Crippen LogP contribution is 2.38. The first-order valence-corrected chi connectivity index (χ1v) is 11.8. The number of nitrogens with one attached hydrogen (secondary N) is 1. The summed E-state index contributed by atoms with van der Waals surface area (Å²) in [5, 5.41) is 2.90. The van der Waals surface area contributed by atoms with E-state index in [1.165, 1.54) is 12.1 Å². The predicted octanol–water partition coefficient (Wildman–Crippen LogP) is 3.46. The number of fused-ring (bicyclic) bond motifs is 1. The van der Waals surface area contributed by atoms with Crippen LogP contribution in [0.3, 0.4) is 0 Å². The average Bonchev–Trinajstić information content (AvgIpc) is 2.99. The molecule has 3 heterocycles. The zero-order valence-corrected chi connectivity index (χ0v) is 19.0. The van der Waals surface area contributed by atoms with E-state index in [1.54, 1.807) is 17.0 Å². The fraction of sp³-hybridized carbons (Fsp3) is 0.423. The van der Waals surface area contributed by atoms with E-state index in [4.69, 9.17) is 4.74 Å². The van der Waals surface area contributed by atoms with Crippen LogP contribution in [0.2, 0.25) is 0 Å². The number of anilines is 1. The summed E-state index contributed by atoms with van der Waals surface area (Å²) in [5.41, 5.74) is 0.0802. The zero-order chi connectivity index (χ0) is 23.7.